The number of benzene rings is 2. The van der Waals surface area contributed by atoms with E-state index in [1.165, 1.54) is 0 Å². The second kappa shape index (κ2) is 8.03. The van der Waals surface area contributed by atoms with Gasteiger partial charge in [0.15, 0.2) is 23.1 Å². The van der Waals surface area contributed by atoms with E-state index in [4.69, 9.17) is 24.3 Å². The third-order valence-electron chi connectivity index (χ3n) is 5.94. The van der Waals surface area contributed by atoms with Crippen LogP contribution in [0.5, 0.6) is 17.2 Å². The molecule has 0 bridgehead atoms. The summed E-state index contributed by atoms with van der Waals surface area (Å²) in [7, 11) is 4.83. The first-order valence-electron chi connectivity index (χ1n) is 10.5. The molecule has 1 aliphatic heterocycles. The van der Waals surface area contributed by atoms with Crippen LogP contribution in [0.1, 0.15) is 30.9 Å². The van der Waals surface area contributed by atoms with Gasteiger partial charge in [0.25, 0.3) is 0 Å². The fourth-order valence-electron chi connectivity index (χ4n) is 4.35. The maximum absolute atomic E-state index is 13.0. The van der Waals surface area contributed by atoms with Gasteiger partial charge < -0.3 is 19.5 Å². The highest BCUT2D eigenvalue weighted by Gasteiger charge is 2.37. The molecule has 1 aromatic heterocycles. The van der Waals surface area contributed by atoms with E-state index in [1.54, 1.807) is 26.0 Å². The van der Waals surface area contributed by atoms with Crippen LogP contribution in [0.25, 0.3) is 11.4 Å². The van der Waals surface area contributed by atoms with Gasteiger partial charge in [0.2, 0.25) is 5.95 Å². The maximum Gasteiger partial charge on any atom is 0.226 e. The van der Waals surface area contributed by atoms with Crippen molar-refractivity contribution in [2.45, 2.75) is 25.3 Å². The minimum atomic E-state index is -0.346. The Labute approximate surface area is 185 Å². The molecule has 0 fully saturated rings. The van der Waals surface area contributed by atoms with Crippen LogP contribution in [0.2, 0.25) is 0 Å². The SMILES string of the molecule is COc1ccc([C@@H]2C3=C(CCCC3=O)Nc3nc(-c4ccc(OC)c(OC)c4)nn32)cc1. The first-order chi connectivity index (χ1) is 15.6. The molecule has 1 N–H and O–H groups in total. The summed E-state index contributed by atoms with van der Waals surface area (Å²) >= 11 is 0. The molecule has 0 amide bonds. The number of hydrogen-bond donors (Lipinski definition) is 1. The first kappa shape index (κ1) is 20.1. The number of anilines is 1. The zero-order chi connectivity index (χ0) is 22.2. The molecular formula is C24H24N4O4. The normalized spacial score (nSPS) is 17.3. The number of nitrogens with one attached hydrogen (secondary N) is 1. The Bertz CT molecular complexity index is 1210. The van der Waals surface area contributed by atoms with Gasteiger partial charge in [-0.15, -0.1) is 5.10 Å². The molecule has 8 heteroatoms. The molecule has 0 saturated heterocycles. The number of rotatable bonds is 5. The molecule has 0 unspecified atom stereocenters. The number of ketones is 1. The van der Waals surface area contributed by atoms with Gasteiger partial charge in [0.1, 0.15) is 11.8 Å². The van der Waals surface area contributed by atoms with E-state index in [9.17, 15) is 4.79 Å². The molecule has 2 heterocycles. The Hall–Kier alpha value is -3.81. The van der Waals surface area contributed by atoms with Crippen LogP contribution in [0.3, 0.4) is 0 Å². The fraction of sp³-hybridized carbons (Fsp3) is 0.292. The zero-order valence-corrected chi connectivity index (χ0v) is 18.2. The van der Waals surface area contributed by atoms with Crippen LogP contribution in [0.15, 0.2) is 53.7 Å². The van der Waals surface area contributed by atoms with Gasteiger partial charge in [-0.2, -0.15) is 4.98 Å². The zero-order valence-electron chi connectivity index (χ0n) is 18.2. The van der Waals surface area contributed by atoms with E-state index < -0.39 is 0 Å². The molecule has 1 atom stereocenters. The average molecular weight is 432 g/mol. The summed E-state index contributed by atoms with van der Waals surface area (Å²) in [6, 6.07) is 13.0. The Morgan fingerprint density at radius 3 is 2.47 bits per heavy atom. The second-order valence-electron chi connectivity index (χ2n) is 7.74. The van der Waals surface area contributed by atoms with Crippen molar-refractivity contribution in [2.24, 2.45) is 0 Å². The van der Waals surface area contributed by atoms with Crippen molar-refractivity contribution in [3.8, 4) is 28.6 Å². The number of Topliss-reactive ketones (excluding diaryl/α,β-unsaturated/α-hetero) is 1. The molecule has 3 aromatic rings. The standard InChI is InChI=1S/C24H24N4O4/c1-30-16-10-7-14(8-11-16)22-21-17(5-4-6-18(21)29)25-24-26-23(27-28(22)24)15-9-12-19(31-2)20(13-15)32-3/h7-13,22H,4-6H2,1-3H3,(H,25,26,27)/t22-/m1/s1. The summed E-state index contributed by atoms with van der Waals surface area (Å²) in [6.07, 6.45) is 2.18. The molecule has 8 nitrogen and oxygen atoms in total. The van der Waals surface area contributed by atoms with Crippen molar-refractivity contribution in [1.29, 1.82) is 0 Å². The van der Waals surface area contributed by atoms with Crippen LogP contribution in [0.4, 0.5) is 5.95 Å². The molecule has 2 aromatic carbocycles. The van der Waals surface area contributed by atoms with E-state index in [-0.39, 0.29) is 11.8 Å². The molecule has 1 aliphatic carbocycles. The highest BCUT2D eigenvalue weighted by atomic mass is 16.5. The van der Waals surface area contributed by atoms with Crippen molar-refractivity contribution >= 4 is 11.7 Å². The van der Waals surface area contributed by atoms with Gasteiger partial charge in [0, 0.05) is 23.3 Å². The minimum Gasteiger partial charge on any atom is -0.497 e. The number of nitrogens with zero attached hydrogens (tertiary/aromatic N) is 3. The molecule has 0 radical (unpaired) electrons. The van der Waals surface area contributed by atoms with Crippen molar-refractivity contribution in [1.82, 2.24) is 14.8 Å². The topological polar surface area (TPSA) is 87.5 Å². The highest BCUT2D eigenvalue weighted by Crippen LogP contribution is 2.41. The van der Waals surface area contributed by atoms with Gasteiger partial charge in [0.05, 0.1) is 21.3 Å². The summed E-state index contributed by atoms with van der Waals surface area (Å²) in [5, 5.41) is 8.17. The van der Waals surface area contributed by atoms with Gasteiger partial charge in [-0.1, -0.05) is 12.1 Å². The number of carbonyl (C=O) groups excluding carboxylic acids is 1. The summed E-state index contributed by atoms with van der Waals surface area (Å²) in [5.74, 6) is 3.30. The van der Waals surface area contributed by atoms with Crippen molar-refractivity contribution in [3.63, 3.8) is 0 Å². The molecular weight excluding hydrogens is 408 g/mol. The number of aromatic nitrogens is 3. The fourth-order valence-corrected chi connectivity index (χ4v) is 4.35. The second-order valence-corrected chi connectivity index (χ2v) is 7.74. The molecule has 5 rings (SSSR count). The van der Waals surface area contributed by atoms with Crippen LogP contribution in [-0.4, -0.2) is 41.9 Å². The lowest BCUT2D eigenvalue weighted by Gasteiger charge is -2.32. The largest absolute Gasteiger partial charge is 0.497 e. The molecule has 32 heavy (non-hydrogen) atoms. The monoisotopic (exact) mass is 432 g/mol. The van der Waals surface area contributed by atoms with Gasteiger partial charge in [-0.05, 0) is 48.7 Å². The van der Waals surface area contributed by atoms with E-state index >= 15 is 0 Å². The van der Waals surface area contributed by atoms with Crippen molar-refractivity contribution < 1.29 is 19.0 Å². The lowest BCUT2D eigenvalue weighted by molar-refractivity contribution is -0.116. The van der Waals surface area contributed by atoms with Crippen LogP contribution in [-0.2, 0) is 4.79 Å². The van der Waals surface area contributed by atoms with Crippen molar-refractivity contribution in [2.75, 3.05) is 26.6 Å². The van der Waals surface area contributed by atoms with Gasteiger partial charge in [-0.25, -0.2) is 4.68 Å². The number of ether oxygens (including phenoxy) is 3. The quantitative estimate of drug-likeness (QED) is 0.652. The Morgan fingerprint density at radius 2 is 1.75 bits per heavy atom. The molecule has 0 spiro atoms. The number of fused-ring (bicyclic) bond motifs is 1. The lowest BCUT2D eigenvalue weighted by Crippen LogP contribution is -2.31. The highest BCUT2D eigenvalue weighted by molar-refractivity contribution is 5.99. The van der Waals surface area contributed by atoms with Crippen LogP contribution >= 0.6 is 0 Å². The van der Waals surface area contributed by atoms with E-state index in [1.807, 2.05) is 42.5 Å². The van der Waals surface area contributed by atoms with Gasteiger partial charge in [-0.3, -0.25) is 4.79 Å². The Morgan fingerprint density at radius 1 is 0.969 bits per heavy atom. The van der Waals surface area contributed by atoms with Crippen LogP contribution < -0.4 is 19.5 Å². The molecule has 0 saturated carbocycles. The Kier molecular flexibility index (Phi) is 5.05. The minimum absolute atomic E-state index is 0.147. The average Bonchev–Trinajstić information content (AvgIpc) is 3.26. The predicted molar refractivity (Wildman–Crippen MR) is 119 cm³/mol. The Balaban J connectivity index is 1.63. The summed E-state index contributed by atoms with van der Waals surface area (Å²) in [4.78, 5) is 17.7. The number of carbonyl (C=O) groups is 1. The van der Waals surface area contributed by atoms with E-state index in [0.29, 0.717) is 29.7 Å². The number of allylic oxidation sites excluding steroid dienone is 2. The lowest BCUT2D eigenvalue weighted by atomic mass is 9.85. The maximum atomic E-state index is 13.0. The first-order valence-corrected chi connectivity index (χ1v) is 10.5. The molecule has 164 valence electrons. The van der Waals surface area contributed by atoms with Crippen LogP contribution in [0, 0.1) is 0 Å². The summed E-state index contributed by atoms with van der Waals surface area (Å²) in [5.41, 5.74) is 3.45. The third-order valence-corrected chi connectivity index (χ3v) is 5.94. The summed E-state index contributed by atoms with van der Waals surface area (Å²) < 4.78 is 17.9. The van der Waals surface area contributed by atoms with Crippen molar-refractivity contribution in [3.05, 3.63) is 59.3 Å². The van der Waals surface area contributed by atoms with E-state index in [0.717, 1.165) is 41.0 Å². The number of methoxy groups -OCH3 is 3. The molecule has 2 aliphatic rings. The third kappa shape index (κ3) is 3.28. The summed E-state index contributed by atoms with van der Waals surface area (Å²) in [6.45, 7) is 0. The van der Waals surface area contributed by atoms with E-state index in [2.05, 4.69) is 5.32 Å². The smallest absolute Gasteiger partial charge is 0.226 e. The number of hydrogen-bond acceptors (Lipinski definition) is 7. The predicted octanol–water partition coefficient (Wildman–Crippen LogP) is 3.99. The van der Waals surface area contributed by atoms with Gasteiger partial charge >= 0.3 is 0 Å².